The first-order chi connectivity index (χ1) is 9.12. The van der Waals surface area contributed by atoms with Crippen molar-refractivity contribution < 1.29 is 8.42 Å². The molecule has 0 fully saturated rings. The summed E-state index contributed by atoms with van der Waals surface area (Å²) in [4.78, 5) is 5.37. The molecule has 0 atom stereocenters. The first kappa shape index (κ1) is 14.1. The summed E-state index contributed by atoms with van der Waals surface area (Å²) in [7, 11) is -1.64. The fourth-order valence-electron chi connectivity index (χ4n) is 1.52. The molecule has 2 N–H and O–H groups in total. The summed E-state index contributed by atoms with van der Waals surface area (Å²) in [5, 5.41) is 4.64. The minimum Gasteiger partial charge on any atom is -0.315 e. The predicted octanol–water partition coefficient (Wildman–Crippen LogP) is 1.34. The van der Waals surface area contributed by atoms with Crippen LogP contribution in [0, 0.1) is 0 Å². The Morgan fingerprint density at radius 3 is 2.84 bits per heavy atom. The molecule has 0 aliphatic heterocycles. The average Bonchev–Trinajstić information content (AvgIpc) is 2.88. The van der Waals surface area contributed by atoms with Gasteiger partial charge in [-0.25, -0.2) is 13.1 Å². The van der Waals surface area contributed by atoms with Gasteiger partial charge in [0.05, 0.1) is 17.1 Å². The third kappa shape index (κ3) is 3.84. The number of hydrogen-bond acceptors (Lipinski definition) is 5. The zero-order valence-corrected chi connectivity index (χ0v) is 12.1. The predicted molar refractivity (Wildman–Crippen MR) is 75.3 cm³/mol. The smallest absolute Gasteiger partial charge is 0.241 e. The lowest BCUT2D eigenvalue weighted by molar-refractivity contribution is 0.580. The highest BCUT2D eigenvalue weighted by atomic mass is 32.2. The Morgan fingerprint density at radius 2 is 2.16 bits per heavy atom. The summed E-state index contributed by atoms with van der Waals surface area (Å²) in [6.07, 6.45) is 1.64. The lowest BCUT2D eigenvalue weighted by Gasteiger charge is -2.04. The largest absolute Gasteiger partial charge is 0.315 e. The zero-order valence-electron chi connectivity index (χ0n) is 10.5. The molecule has 0 bridgehead atoms. The molecular formula is C12H15N3O2S2. The molecule has 0 radical (unpaired) electrons. The standard InChI is InChI=1S/C12H15N3O2S2/c1-13-8-11-6-12(9-18-11)19(16,17)15-7-10-4-2-3-5-14-10/h2-6,9,13,15H,7-8H2,1H3. The van der Waals surface area contributed by atoms with E-state index in [4.69, 9.17) is 0 Å². The van der Waals surface area contributed by atoms with E-state index in [1.165, 1.54) is 11.3 Å². The van der Waals surface area contributed by atoms with Crippen LogP contribution in [0.3, 0.4) is 0 Å². The van der Waals surface area contributed by atoms with E-state index in [2.05, 4.69) is 15.0 Å². The highest BCUT2D eigenvalue weighted by molar-refractivity contribution is 7.89. The van der Waals surface area contributed by atoms with E-state index in [9.17, 15) is 8.42 Å². The van der Waals surface area contributed by atoms with Gasteiger partial charge in [-0.2, -0.15) is 0 Å². The number of sulfonamides is 1. The molecule has 0 amide bonds. The van der Waals surface area contributed by atoms with E-state index in [1.807, 2.05) is 13.1 Å². The molecule has 5 nitrogen and oxygen atoms in total. The molecule has 0 saturated carbocycles. The van der Waals surface area contributed by atoms with E-state index in [0.717, 1.165) is 4.88 Å². The van der Waals surface area contributed by atoms with Crippen LogP contribution in [0.15, 0.2) is 40.7 Å². The van der Waals surface area contributed by atoms with Gasteiger partial charge < -0.3 is 5.32 Å². The van der Waals surface area contributed by atoms with E-state index in [1.54, 1.807) is 29.8 Å². The first-order valence-corrected chi connectivity index (χ1v) is 8.09. The Hall–Kier alpha value is -1.28. The number of aromatic nitrogens is 1. The lowest BCUT2D eigenvalue weighted by Crippen LogP contribution is -2.23. The molecule has 0 aliphatic carbocycles. The van der Waals surface area contributed by atoms with Gasteiger partial charge in [-0.15, -0.1) is 11.3 Å². The number of nitrogens with zero attached hydrogens (tertiary/aromatic N) is 1. The molecule has 2 heterocycles. The second-order valence-corrected chi connectivity index (χ2v) is 6.69. The van der Waals surface area contributed by atoms with Gasteiger partial charge in [-0.1, -0.05) is 6.07 Å². The van der Waals surface area contributed by atoms with Crippen molar-refractivity contribution in [3.05, 3.63) is 46.4 Å². The summed E-state index contributed by atoms with van der Waals surface area (Å²) in [6.45, 7) is 0.862. The van der Waals surface area contributed by atoms with Crippen molar-refractivity contribution in [1.82, 2.24) is 15.0 Å². The fraction of sp³-hybridized carbons (Fsp3) is 0.250. The molecule has 2 rings (SSSR count). The van der Waals surface area contributed by atoms with Gasteiger partial charge in [0.25, 0.3) is 0 Å². The van der Waals surface area contributed by atoms with E-state index < -0.39 is 10.0 Å². The van der Waals surface area contributed by atoms with Gasteiger partial charge >= 0.3 is 0 Å². The van der Waals surface area contributed by atoms with Crippen molar-refractivity contribution in [1.29, 1.82) is 0 Å². The van der Waals surface area contributed by atoms with Crippen molar-refractivity contribution in [2.75, 3.05) is 7.05 Å². The summed E-state index contributed by atoms with van der Waals surface area (Å²) < 4.78 is 26.7. The molecular weight excluding hydrogens is 282 g/mol. The summed E-state index contributed by atoms with van der Waals surface area (Å²) >= 11 is 1.43. The Kier molecular flexibility index (Phi) is 4.65. The lowest BCUT2D eigenvalue weighted by atomic mass is 10.4. The van der Waals surface area contributed by atoms with Gasteiger partial charge in [-0.3, -0.25) is 4.98 Å². The number of nitrogens with one attached hydrogen (secondary N) is 2. The van der Waals surface area contributed by atoms with Crippen LogP contribution in [-0.4, -0.2) is 20.4 Å². The molecule has 0 aromatic carbocycles. The van der Waals surface area contributed by atoms with Crippen molar-refractivity contribution in [3.63, 3.8) is 0 Å². The quantitative estimate of drug-likeness (QED) is 0.844. The van der Waals surface area contributed by atoms with Crippen LogP contribution < -0.4 is 10.0 Å². The number of pyridine rings is 1. The SMILES string of the molecule is CNCc1cc(S(=O)(=O)NCc2ccccn2)cs1. The van der Waals surface area contributed by atoms with Crippen LogP contribution in [0.4, 0.5) is 0 Å². The Morgan fingerprint density at radius 1 is 1.32 bits per heavy atom. The Balaban J connectivity index is 2.05. The highest BCUT2D eigenvalue weighted by Crippen LogP contribution is 2.19. The molecule has 2 aromatic heterocycles. The van der Waals surface area contributed by atoms with E-state index in [0.29, 0.717) is 17.1 Å². The van der Waals surface area contributed by atoms with Crippen LogP contribution in [0.5, 0.6) is 0 Å². The van der Waals surface area contributed by atoms with Gasteiger partial charge in [0.15, 0.2) is 0 Å². The maximum Gasteiger partial charge on any atom is 0.241 e. The third-order valence-electron chi connectivity index (χ3n) is 2.46. The van der Waals surface area contributed by atoms with Gasteiger partial charge in [0, 0.05) is 23.0 Å². The topological polar surface area (TPSA) is 71.1 Å². The second-order valence-electron chi connectivity index (χ2n) is 3.92. The maximum absolute atomic E-state index is 12.1. The number of hydrogen-bond donors (Lipinski definition) is 2. The Bertz CT molecular complexity index is 623. The van der Waals surface area contributed by atoms with Crippen LogP contribution >= 0.6 is 11.3 Å². The number of thiophene rings is 1. The van der Waals surface area contributed by atoms with Crippen LogP contribution in [-0.2, 0) is 23.1 Å². The third-order valence-corrected chi connectivity index (χ3v) is 4.93. The van der Waals surface area contributed by atoms with Crippen LogP contribution in [0.2, 0.25) is 0 Å². The minimum atomic E-state index is -3.46. The van der Waals surface area contributed by atoms with Crippen molar-refractivity contribution in [2.24, 2.45) is 0 Å². The molecule has 0 unspecified atom stereocenters. The summed E-state index contributed by atoms with van der Waals surface area (Å²) in [5.74, 6) is 0. The normalized spacial score (nSPS) is 11.6. The van der Waals surface area contributed by atoms with Crippen molar-refractivity contribution in [2.45, 2.75) is 18.0 Å². The minimum absolute atomic E-state index is 0.195. The Labute approximate surface area is 116 Å². The monoisotopic (exact) mass is 297 g/mol. The van der Waals surface area contributed by atoms with Crippen molar-refractivity contribution in [3.8, 4) is 0 Å². The highest BCUT2D eigenvalue weighted by Gasteiger charge is 2.15. The summed E-state index contributed by atoms with van der Waals surface area (Å²) in [5.41, 5.74) is 0.691. The zero-order chi connectivity index (χ0) is 13.7. The summed E-state index contributed by atoms with van der Waals surface area (Å²) in [6, 6.07) is 7.08. The fourth-order valence-corrected chi connectivity index (χ4v) is 3.81. The molecule has 0 spiro atoms. The molecule has 102 valence electrons. The van der Waals surface area contributed by atoms with E-state index in [-0.39, 0.29) is 6.54 Å². The van der Waals surface area contributed by atoms with Crippen LogP contribution in [0.25, 0.3) is 0 Å². The van der Waals surface area contributed by atoms with Gasteiger partial charge in [0.1, 0.15) is 0 Å². The maximum atomic E-state index is 12.1. The van der Waals surface area contributed by atoms with Gasteiger partial charge in [-0.05, 0) is 25.2 Å². The molecule has 0 aliphatic rings. The number of rotatable bonds is 6. The first-order valence-electron chi connectivity index (χ1n) is 5.73. The van der Waals surface area contributed by atoms with Crippen LogP contribution in [0.1, 0.15) is 10.6 Å². The molecule has 19 heavy (non-hydrogen) atoms. The van der Waals surface area contributed by atoms with Crippen molar-refractivity contribution >= 4 is 21.4 Å². The second kappa shape index (κ2) is 6.25. The molecule has 7 heteroatoms. The molecule has 0 saturated heterocycles. The molecule has 2 aromatic rings. The van der Waals surface area contributed by atoms with Gasteiger partial charge in [0.2, 0.25) is 10.0 Å². The van der Waals surface area contributed by atoms with E-state index >= 15 is 0 Å². The average molecular weight is 297 g/mol.